The molecule has 0 aliphatic carbocycles. The molecule has 1 aromatic heterocycles. The Kier molecular flexibility index (Phi) is 3.78. The van der Waals surface area contributed by atoms with Gasteiger partial charge in [0.15, 0.2) is 0 Å². The molecule has 8 heteroatoms. The van der Waals surface area contributed by atoms with Crippen LogP contribution in [0.3, 0.4) is 0 Å². The summed E-state index contributed by atoms with van der Waals surface area (Å²) in [4.78, 5) is 17.5. The van der Waals surface area contributed by atoms with Crippen molar-refractivity contribution in [3.63, 3.8) is 0 Å². The molecule has 2 heterocycles. The average Bonchev–Trinajstić information content (AvgIpc) is 2.94. The van der Waals surface area contributed by atoms with Crippen LogP contribution in [-0.4, -0.2) is 35.0 Å². The van der Waals surface area contributed by atoms with Gasteiger partial charge in [0.05, 0.1) is 24.2 Å². The van der Waals surface area contributed by atoms with E-state index in [2.05, 4.69) is 4.98 Å². The highest BCUT2D eigenvalue weighted by atomic mass is 32.1. The lowest BCUT2D eigenvalue weighted by molar-refractivity contribution is -0.138. The van der Waals surface area contributed by atoms with Gasteiger partial charge in [-0.1, -0.05) is 23.5 Å². The number of benzene rings is 1. The molecular formula is C14H11F3N2O2S. The zero-order valence-electron chi connectivity index (χ0n) is 11.2. The zero-order chi connectivity index (χ0) is 15.7. The summed E-state index contributed by atoms with van der Waals surface area (Å²) < 4.78 is 44.3. The van der Waals surface area contributed by atoms with Crippen LogP contribution in [0.5, 0.6) is 5.19 Å². The molecule has 4 nitrogen and oxygen atoms in total. The van der Waals surface area contributed by atoms with Crippen LogP contribution in [0.2, 0.25) is 0 Å². The maximum Gasteiger partial charge on any atom is 0.417 e. The normalized spacial score (nSPS) is 15.5. The van der Waals surface area contributed by atoms with Crippen molar-refractivity contribution in [3.05, 3.63) is 47.0 Å². The second-order valence-corrected chi connectivity index (χ2v) is 5.65. The molecule has 1 amide bonds. The molecule has 1 aliphatic rings. The number of likely N-dealkylation sites (tertiary alicyclic amines) is 1. The van der Waals surface area contributed by atoms with E-state index in [4.69, 9.17) is 4.74 Å². The van der Waals surface area contributed by atoms with E-state index in [0.717, 1.165) is 6.07 Å². The SMILES string of the molecule is O=C(c1ccccc1C(F)(F)F)N1CC(Oc2nccs2)C1. The number of halogens is 3. The third-order valence-electron chi connectivity index (χ3n) is 3.28. The van der Waals surface area contributed by atoms with E-state index in [-0.39, 0.29) is 24.8 Å². The number of carbonyl (C=O) groups is 1. The van der Waals surface area contributed by atoms with Crippen LogP contribution in [0, 0.1) is 0 Å². The lowest BCUT2D eigenvalue weighted by Crippen LogP contribution is -2.56. The van der Waals surface area contributed by atoms with Crippen molar-refractivity contribution in [1.29, 1.82) is 0 Å². The van der Waals surface area contributed by atoms with Crippen LogP contribution in [-0.2, 0) is 6.18 Å². The van der Waals surface area contributed by atoms with Gasteiger partial charge >= 0.3 is 6.18 Å². The molecule has 2 aromatic rings. The number of hydrogen-bond acceptors (Lipinski definition) is 4. The number of nitrogens with zero attached hydrogens (tertiary/aromatic N) is 2. The Balaban J connectivity index is 1.67. The van der Waals surface area contributed by atoms with Crippen molar-refractivity contribution < 1.29 is 22.7 Å². The van der Waals surface area contributed by atoms with Crippen LogP contribution in [0.25, 0.3) is 0 Å². The molecule has 0 saturated carbocycles. The van der Waals surface area contributed by atoms with Gasteiger partial charge in [0.25, 0.3) is 11.1 Å². The molecule has 0 N–H and O–H groups in total. The largest absolute Gasteiger partial charge is 0.463 e. The summed E-state index contributed by atoms with van der Waals surface area (Å²) in [6.07, 6.45) is -3.18. The number of aromatic nitrogens is 1. The highest BCUT2D eigenvalue weighted by Gasteiger charge is 2.39. The van der Waals surface area contributed by atoms with Crippen LogP contribution in [0.1, 0.15) is 15.9 Å². The maximum absolute atomic E-state index is 12.9. The summed E-state index contributed by atoms with van der Waals surface area (Å²) in [6.45, 7) is 0.509. The highest BCUT2D eigenvalue weighted by Crippen LogP contribution is 2.33. The van der Waals surface area contributed by atoms with Crippen molar-refractivity contribution in [1.82, 2.24) is 9.88 Å². The summed E-state index contributed by atoms with van der Waals surface area (Å²) in [5, 5.41) is 2.25. The smallest absolute Gasteiger partial charge is 0.417 e. The minimum atomic E-state index is -4.55. The second kappa shape index (κ2) is 5.60. The van der Waals surface area contributed by atoms with Crippen molar-refractivity contribution in [2.75, 3.05) is 13.1 Å². The van der Waals surface area contributed by atoms with Gasteiger partial charge in [0, 0.05) is 11.6 Å². The van der Waals surface area contributed by atoms with Crippen LogP contribution in [0.4, 0.5) is 13.2 Å². The van der Waals surface area contributed by atoms with Crippen molar-refractivity contribution in [2.45, 2.75) is 12.3 Å². The molecule has 3 rings (SSSR count). The van der Waals surface area contributed by atoms with Crippen LogP contribution < -0.4 is 4.74 Å². The van der Waals surface area contributed by atoms with E-state index in [9.17, 15) is 18.0 Å². The Labute approximate surface area is 128 Å². The number of hydrogen-bond donors (Lipinski definition) is 0. The Hall–Kier alpha value is -2.09. The number of alkyl halides is 3. The van der Waals surface area contributed by atoms with Gasteiger partial charge in [-0.05, 0) is 12.1 Å². The van der Waals surface area contributed by atoms with Gasteiger partial charge < -0.3 is 9.64 Å². The topological polar surface area (TPSA) is 42.4 Å². The highest BCUT2D eigenvalue weighted by molar-refractivity contribution is 7.11. The predicted molar refractivity (Wildman–Crippen MR) is 73.9 cm³/mol. The predicted octanol–water partition coefficient (Wildman–Crippen LogP) is 3.07. The molecular weight excluding hydrogens is 317 g/mol. The van der Waals surface area contributed by atoms with Gasteiger partial charge in [0.1, 0.15) is 6.10 Å². The first-order chi connectivity index (χ1) is 10.4. The number of thiazole rings is 1. The molecule has 1 saturated heterocycles. The monoisotopic (exact) mass is 328 g/mol. The van der Waals surface area contributed by atoms with Gasteiger partial charge in [0.2, 0.25) is 0 Å². The average molecular weight is 328 g/mol. The second-order valence-electron chi connectivity index (χ2n) is 4.79. The summed E-state index contributed by atoms with van der Waals surface area (Å²) in [5.41, 5.74) is -1.24. The van der Waals surface area contributed by atoms with Gasteiger partial charge in [-0.2, -0.15) is 13.2 Å². The van der Waals surface area contributed by atoms with Crippen molar-refractivity contribution in [2.24, 2.45) is 0 Å². The Morgan fingerprint density at radius 1 is 1.32 bits per heavy atom. The molecule has 1 aromatic carbocycles. The summed E-state index contributed by atoms with van der Waals surface area (Å²) in [7, 11) is 0. The molecule has 116 valence electrons. The molecule has 0 atom stereocenters. The molecule has 22 heavy (non-hydrogen) atoms. The number of carbonyl (C=O) groups excluding carboxylic acids is 1. The number of amides is 1. The fourth-order valence-corrected chi connectivity index (χ4v) is 2.73. The first-order valence-corrected chi connectivity index (χ1v) is 7.35. The van der Waals surface area contributed by atoms with Gasteiger partial charge in [-0.15, -0.1) is 0 Å². The minimum Gasteiger partial charge on any atom is -0.463 e. The van der Waals surface area contributed by atoms with E-state index in [1.165, 1.54) is 34.4 Å². The first-order valence-electron chi connectivity index (χ1n) is 6.47. The Morgan fingerprint density at radius 2 is 2.05 bits per heavy atom. The fourth-order valence-electron chi connectivity index (χ4n) is 2.18. The maximum atomic E-state index is 12.9. The molecule has 0 radical (unpaired) electrons. The Morgan fingerprint density at radius 3 is 2.68 bits per heavy atom. The van der Waals surface area contributed by atoms with E-state index in [1.54, 1.807) is 11.6 Å². The van der Waals surface area contributed by atoms with E-state index >= 15 is 0 Å². The molecule has 0 spiro atoms. The van der Waals surface area contributed by atoms with Crippen molar-refractivity contribution in [3.8, 4) is 5.19 Å². The lowest BCUT2D eigenvalue weighted by Gasteiger charge is -2.38. The van der Waals surface area contributed by atoms with Gasteiger partial charge in [-0.25, -0.2) is 4.98 Å². The van der Waals surface area contributed by atoms with E-state index in [0.29, 0.717) is 5.19 Å². The van der Waals surface area contributed by atoms with Crippen LogP contribution in [0.15, 0.2) is 35.8 Å². The van der Waals surface area contributed by atoms with Crippen molar-refractivity contribution >= 4 is 17.2 Å². The molecule has 1 aliphatic heterocycles. The van der Waals surface area contributed by atoms with Crippen LogP contribution >= 0.6 is 11.3 Å². The Bertz CT molecular complexity index is 667. The van der Waals surface area contributed by atoms with E-state index < -0.39 is 17.6 Å². The molecule has 1 fully saturated rings. The molecule has 0 unspecified atom stereocenters. The number of ether oxygens (including phenoxy) is 1. The van der Waals surface area contributed by atoms with E-state index in [1.807, 2.05) is 0 Å². The summed E-state index contributed by atoms with van der Waals surface area (Å²) in [5.74, 6) is -0.632. The third kappa shape index (κ3) is 2.92. The third-order valence-corrected chi connectivity index (χ3v) is 3.94. The fraction of sp³-hybridized carbons (Fsp3) is 0.286. The standard InChI is InChI=1S/C14H11F3N2O2S/c15-14(16,17)11-4-2-1-3-10(11)12(20)19-7-9(8-19)21-13-18-5-6-22-13/h1-6,9H,7-8H2. The zero-order valence-corrected chi connectivity index (χ0v) is 12.0. The summed E-state index contributed by atoms with van der Waals surface area (Å²) >= 11 is 1.33. The first kappa shape index (κ1) is 14.8. The lowest BCUT2D eigenvalue weighted by atomic mass is 10.0. The quantitative estimate of drug-likeness (QED) is 0.870. The number of rotatable bonds is 3. The van der Waals surface area contributed by atoms with Gasteiger partial charge in [-0.3, -0.25) is 4.79 Å². The molecule has 0 bridgehead atoms. The summed E-state index contributed by atoms with van der Waals surface area (Å²) in [6, 6.07) is 4.80. The minimum absolute atomic E-state index is 0.229.